The van der Waals surface area contributed by atoms with E-state index < -0.39 is 6.04 Å². The minimum atomic E-state index is -0.402. The second kappa shape index (κ2) is 4.37. The van der Waals surface area contributed by atoms with E-state index in [0.29, 0.717) is 5.92 Å². The zero-order valence-corrected chi connectivity index (χ0v) is 11.2. The second-order valence-corrected chi connectivity index (χ2v) is 5.47. The summed E-state index contributed by atoms with van der Waals surface area (Å²) in [6, 6.07) is 9.62. The third kappa shape index (κ3) is 2.01. The molecule has 0 radical (unpaired) electrons. The average Bonchev–Trinajstić information content (AvgIpc) is 3.18. The smallest absolute Gasteiger partial charge is 0.245 e. The lowest BCUT2D eigenvalue weighted by molar-refractivity contribution is -0.148. The third-order valence-electron chi connectivity index (χ3n) is 4.12. The van der Waals surface area contributed by atoms with Crippen LogP contribution in [-0.4, -0.2) is 34.8 Å². The maximum absolute atomic E-state index is 12.3. The minimum absolute atomic E-state index is 0.0375. The van der Waals surface area contributed by atoms with Crippen molar-refractivity contribution in [3.63, 3.8) is 0 Å². The van der Waals surface area contributed by atoms with Crippen molar-refractivity contribution in [1.82, 2.24) is 10.2 Å². The standard InChI is InChI=1S/C15H18N2O2/c1-9-15(19)17(10(2)14(18)16-9)13-8-12(13)11-6-4-3-5-7-11/h3-7,9-10,12-13H,8H2,1-2H3,(H,16,18). The molecule has 1 aliphatic heterocycles. The van der Waals surface area contributed by atoms with Gasteiger partial charge in [0.05, 0.1) is 0 Å². The van der Waals surface area contributed by atoms with Crippen LogP contribution in [0.15, 0.2) is 30.3 Å². The summed E-state index contributed by atoms with van der Waals surface area (Å²) in [5.74, 6) is 0.368. The van der Waals surface area contributed by atoms with Gasteiger partial charge in [-0.25, -0.2) is 0 Å². The van der Waals surface area contributed by atoms with Crippen molar-refractivity contribution in [2.24, 2.45) is 0 Å². The molecule has 4 unspecified atom stereocenters. The molecule has 1 saturated heterocycles. The van der Waals surface area contributed by atoms with Crippen LogP contribution in [-0.2, 0) is 9.59 Å². The number of piperazine rings is 1. The average molecular weight is 258 g/mol. The van der Waals surface area contributed by atoms with Crippen LogP contribution in [0.1, 0.15) is 31.7 Å². The molecule has 19 heavy (non-hydrogen) atoms. The molecular weight excluding hydrogens is 240 g/mol. The topological polar surface area (TPSA) is 49.4 Å². The van der Waals surface area contributed by atoms with Gasteiger partial charge in [0.1, 0.15) is 12.1 Å². The van der Waals surface area contributed by atoms with Crippen LogP contribution in [0.5, 0.6) is 0 Å². The molecule has 2 fully saturated rings. The highest BCUT2D eigenvalue weighted by Gasteiger charge is 2.50. The Labute approximate surface area is 112 Å². The van der Waals surface area contributed by atoms with E-state index in [4.69, 9.17) is 0 Å². The Morgan fingerprint density at radius 2 is 1.84 bits per heavy atom. The van der Waals surface area contributed by atoms with Gasteiger partial charge in [-0.1, -0.05) is 30.3 Å². The number of rotatable bonds is 2. The number of nitrogens with one attached hydrogen (secondary N) is 1. The zero-order chi connectivity index (χ0) is 13.6. The normalized spacial score (nSPS) is 34.1. The first-order chi connectivity index (χ1) is 9.09. The molecular formula is C15H18N2O2. The molecule has 1 saturated carbocycles. The SMILES string of the molecule is CC1NC(=O)C(C)N(C2CC2c2ccccc2)C1=O. The van der Waals surface area contributed by atoms with Crippen LogP contribution in [0.2, 0.25) is 0 Å². The lowest BCUT2D eigenvalue weighted by Crippen LogP contribution is -2.62. The van der Waals surface area contributed by atoms with Crippen LogP contribution in [0.3, 0.4) is 0 Å². The molecule has 2 aliphatic rings. The number of hydrogen-bond donors (Lipinski definition) is 1. The summed E-state index contributed by atoms with van der Waals surface area (Å²) in [7, 11) is 0. The van der Waals surface area contributed by atoms with E-state index in [2.05, 4.69) is 17.4 Å². The molecule has 4 heteroatoms. The van der Waals surface area contributed by atoms with Gasteiger partial charge in [0.15, 0.2) is 0 Å². The largest absolute Gasteiger partial charge is 0.343 e. The molecule has 4 nitrogen and oxygen atoms in total. The molecule has 0 spiro atoms. The van der Waals surface area contributed by atoms with Crippen molar-refractivity contribution in [1.29, 1.82) is 0 Å². The molecule has 1 aromatic rings. The minimum Gasteiger partial charge on any atom is -0.343 e. The summed E-state index contributed by atoms with van der Waals surface area (Å²) in [5, 5.41) is 2.72. The Hall–Kier alpha value is -1.84. The van der Waals surface area contributed by atoms with E-state index >= 15 is 0 Å². The molecule has 0 aromatic heterocycles. The monoisotopic (exact) mass is 258 g/mol. The predicted octanol–water partition coefficient (Wildman–Crippen LogP) is 1.28. The summed E-state index contributed by atoms with van der Waals surface area (Å²) in [4.78, 5) is 25.9. The molecule has 1 N–H and O–H groups in total. The third-order valence-corrected chi connectivity index (χ3v) is 4.12. The fourth-order valence-corrected chi connectivity index (χ4v) is 2.93. The lowest BCUT2D eigenvalue weighted by atomic mass is 10.1. The fourth-order valence-electron chi connectivity index (χ4n) is 2.93. The zero-order valence-electron chi connectivity index (χ0n) is 11.2. The Kier molecular flexibility index (Phi) is 2.81. The van der Waals surface area contributed by atoms with E-state index in [9.17, 15) is 9.59 Å². The van der Waals surface area contributed by atoms with Crippen molar-refractivity contribution in [3.05, 3.63) is 35.9 Å². The Balaban J connectivity index is 1.80. The Morgan fingerprint density at radius 3 is 2.53 bits per heavy atom. The summed E-state index contributed by atoms with van der Waals surface area (Å²) in [6.45, 7) is 3.55. The van der Waals surface area contributed by atoms with Crippen LogP contribution >= 0.6 is 0 Å². The van der Waals surface area contributed by atoms with E-state index in [1.54, 1.807) is 18.7 Å². The van der Waals surface area contributed by atoms with Gasteiger partial charge in [-0.15, -0.1) is 0 Å². The number of hydrogen-bond acceptors (Lipinski definition) is 2. The summed E-state index contributed by atoms with van der Waals surface area (Å²) in [5.41, 5.74) is 1.26. The highest BCUT2D eigenvalue weighted by Crippen LogP contribution is 2.46. The number of nitrogens with zero attached hydrogens (tertiary/aromatic N) is 1. The molecule has 0 bridgehead atoms. The molecule has 4 atom stereocenters. The number of carbonyl (C=O) groups excluding carboxylic acids is 2. The van der Waals surface area contributed by atoms with Crippen LogP contribution < -0.4 is 5.32 Å². The van der Waals surface area contributed by atoms with Crippen molar-refractivity contribution in [2.75, 3.05) is 0 Å². The number of benzene rings is 1. The summed E-state index contributed by atoms with van der Waals surface area (Å²) in [6.07, 6.45) is 0.958. The second-order valence-electron chi connectivity index (χ2n) is 5.47. The van der Waals surface area contributed by atoms with Crippen LogP contribution in [0.4, 0.5) is 0 Å². The molecule has 1 aromatic carbocycles. The van der Waals surface area contributed by atoms with Gasteiger partial charge in [-0.3, -0.25) is 9.59 Å². The van der Waals surface area contributed by atoms with Crippen molar-refractivity contribution in [2.45, 2.75) is 44.3 Å². The predicted molar refractivity (Wildman–Crippen MR) is 71.5 cm³/mol. The molecule has 3 rings (SSSR count). The van der Waals surface area contributed by atoms with Crippen molar-refractivity contribution < 1.29 is 9.59 Å². The van der Waals surface area contributed by atoms with Gasteiger partial charge < -0.3 is 10.2 Å². The van der Waals surface area contributed by atoms with Gasteiger partial charge in [-0.2, -0.15) is 0 Å². The van der Waals surface area contributed by atoms with Crippen molar-refractivity contribution in [3.8, 4) is 0 Å². The lowest BCUT2D eigenvalue weighted by Gasteiger charge is -2.36. The number of amides is 2. The summed E-state index contributed by atoms with van der Waals surface area (Å²) < 4.78 is 0. The van der Waals surface area contributed by atoms with Gasteiger partial charge in [-0.05, 0) is 25.8 Å². The van der Waals surface area contributed by atoms with Gasteiger partial charge in [0, 0.05) is 12.0 Å². The van der Waals surface area contributed by atoms with Crippen molar-refractivity contribution >= 4 is 11.8 Å². The van der Waals surface area contributed by atoms with Gasteiger partial charge in [0.2, 0.25) is 11.8 Å². The maximum Gasteiger partial charge on any atom is 0.245 e. The first kappa shape index (κ1) is 12.2. The first-order valence-corrected chi connectivity index (χ1v) is 6.77. The quantitative estimate of drug-likeness (QED) is 0.868. The molecule has 1 heterocycles. The highest BCUT2D eigenvalue weighted by molar-refractivity contribution is 5.97. The van der Waals surface area contributed by atoms with Gasteiger partial charge in [0.25, 0.3) is 0 Å². The maximum atomic E-state index is 12.3. The molecule has 2 amide bonds. The van der Waals surface area contributed by atoms with E-state index in [-0.39, 0.29) is 23.9 Å². The Morgan fingerprint density at radius 1 is 1.16 bits per heavy atom. The van der Waals surface area contributed by atoms with Crippen LogP contribution in [0, 0.1) is 0 Å². The molecule has 100 valence electrons. The van der Waals surface area contributed by atoms with Crippen LogP contribution in [0.25, 0.3) is 0 Å². The number of carbonyl (C=O) groups is 2. The fraction of sp³-hybridized carbons (Fsp3) is 0.467. The summed E-state index contributed by atoms with van der Waals surface area (Å²) >= 11 is 0. The van der Waals surface area contributed by atoms with E-state index in [0.717, 1.165) is 6.42 Å². The van der Waals surface area contributed by atoms with E-state index in [1.165, 1.54) is 5.56 Å². The Bertz CT molecular complexity index is 514. The highest BCUT2D eigenvalue weighted by atomic mass is 16.2. The van der Waals surface area contributed by atoms with E-state index in [1.807, 2.05) is 18.2 Å². The molecule has 1 aliphatic carbocycles. The first-order valence-electron chi connectivity index (χ1n) is 6.77. The van der Waals surface area contributed by atoms with Gasteiger partial charge >= 0.3 is 0 Å².